The van der Waals surface area contributed by atoms with Crippen LogP contribution in [0.25, 0.3) is 6.08 Å². The minimum absolute atomic E-state index is 0.338. The lowest BCUT2D eigenvalue weighted by molar-refractivity contribution is -0.131. The molecule has 0 unspecified atom stereocenters. The Bertz CT molecular complexity index is 862. The van der Waals surface area contributed by atoms with Crippen LogP contribution < -0.4 is 21.3 Å². The van der Waals surface area contributed by atoms with Gasteiger partial charge >= 0.3 is 5.97 Å². The average molecular weight is 354 g/mol. The number of carbonyl (C=O) groups is 2. The smallest absolute Gasteiger partial charge is 0.328 e. The zero-order valence-electron chi connectivity index (χ0n) is 14.0. The van der Waals surface area contributed by atoms with E-state index < -0.39 is 5.97 Å². The Morgan fingerprint density at radius 2 is 2.04 bits per heavy atom. The third-order valence-corrected chi connectivity index (χ3v) is 3.29. The Morgan fingerprint density at radius 3 is 2.73 bits per heavy atom. The maximum atomic E-state index is 12.5. The van der Waals surface area contributed by atoms with Gasteiger partial charge in [-0.05, 0) is 42.0 Å². The zero-order valence-corrected chi connectivity index (χ0v) is 14.0. The number of carboxylic acids is 1. The minimum atomic E-state index is -1.05. The van der Waals surface area contributed by atoms with Gasteiger partial charge < -0.3 is 20.6 Å². The average Bonchev–Trinajstić information content (AvgIpc) is 2.65. The Kier molecular flexibility index (Phi) is 6.47. The summed E-state index contributed by atoms with van der Waals surface area (Å²) in [6.45, 7) is 0. The first-order valence-electron chi connectivity index (χ1n) is 7.52. The topological polar surface area (TPSA) is 126 Å². The summed E-state index contributed by atoms with van der Waals surface area (Å²) in [6, 6.07) is 11.6. The van der Waals surface area contributed by atoms with Crippen molar-refractivity contribution in [2.75, 3.05) is 12.4 Å². The number of methoxy groups -OCH3 is 1. The first kappa shape index (κ1) is 18.7. The largest absolute Gasteiger partial charge is 0.495 e. The van der Waals surface area contributed by atoms with Gasteiger partial charge in [0.15, 0.2) is 0 Å². The molecule has 0 aliphatic rings. The van der Waals surface area contributed by atoms with Gasteiger partial charge in [0, 0.05) is 11.6 Å². The number of hydrogen-bond acceptors (Lipinski definition) is 5. The van der Waals surface area contributed by atoms with Crippen LogP contribution in [0.2, 0.25) is 0 Å². The van der Waals surface area contributed by atoms with E-state index in [0.29, 0.717) is 28.3 Å². The molecule has 134 valence electrons. The Morgan fingerprint density at radius 1 is 1.23 bits per heavy atom. The molecule has 2 aromatic rings. The number of nitrogens with two attached hydrogens (primary N) is 1. The summed E-state index contributed by atoms with van der Waals surface area (Å²) in [5.41, 5.74) is 4.36. The summed E-state index contributed by atoms with van der Waals surface area (Å²) < 4.78 is 5.26. The Hall–Kier alpha value is -3.65. The fraction of sp³-hybridized carbons (Fsp3) is 0.0556. The highest BCUT2D eigenvalue weighted by atomic mass is 16.5. The summed E-state index contributed by atoms with van der Waals surface area (Å²) in [7, 11) is 1.46. The summed E-state index contributed by atoms with van der Waals surface area (Å²) in [5, 5.41) is 11.4. The van der Waals surface area contributed by atoms with Gasteiger partial charge in [0.2, 0.25) is 0 Å². The number of carbonyl (C=O) groups excluding carboxylic acids is 1. The van der Waals surface area contributed by atoms with Crippen molar-refractivity contribution in [1.82, 2.24) is 5.43 Å². The summed E-state index contributed by atoms with van der Waals surface area (Å²) in [6.07, 6.45) is 3.77. The highest BCUT2D eigenvalue weighted by Crippen LogP contribution is 2.27. The van der Waals surface area contributed by atoms with Gasteiger partial charge in [-0.3, -0.25) is 4.79 Å². The number of nitrogens with zero attached hydrogens (tertiary/aromatic N) is 1. The standard InChI is InChI=1S/C18H18N4O4/c1-26-16-9-12(6-8-17(23)24)5-7-15(16)22-18(25)13-3-2-4-14(10-13)20-11-21-19/h2-11H,19H2,1H3,(H,20,21)(H,22,25)(H,23,24). The van der Waals surface area contributed by atoms with Crippen molar-refractivity contribution < 1.29 is 19.4 Å². The summed E-state index contributed by atoms with van der Waals surface area (Å²) >= 11 is 0. The number of carboxylic acid groups (broad SMARTS) is 1. The number of anilines is 1. The number of amides is 1. The molecule has 0 radical (unpaired) electrons. The van der Waals surface area contributed by atoms with E-state index in [-0.39, 0.29) is 5.91 Å². The third kappa shape index (κ3) is 5.18. The molecule has 0 fully saturated rings. The van der Waals surface area contributed by atoms with Crippen molar-refractivity contribution in [3.8, 4) is 5.75 Å². The number of hydrazine groups is 1. The van der Waals surface area contributed by atoms with Crippen LogP contribution in [0.3, 0.4) is 0 Å². The fourth-order valence-electron chi connectivity index (χ4n) is 2.12. The molecule has 26 heavy (non-hydrogen) atoms. The van der Waals surface area contributed by atoms with Gasteiger partial charge in [0.1, 0.15) is 12.1 Å². The van der Waals surface area contributed by atoms with E-state index in [1.54, 1.807) is 42.5 Å². The second-order valence-electron chi connectivity index (χ2n) is 5.06. The SMILES string of the molecule is COc1cc(C=CC(=O)O)ccc1NC(=O)c1cccc(N=CNN)c1. The van der Waals surface area contributed by atoms with Gasteiger partial charge in [-0.25, -0.2) is 15.6 Å². The van der Waals surface area contributed by atoms with E-state index in [0.717, 1.165) is 6.08 Å². The van der Waals surface area contributed by atoms with Gasteiger partial charge in [-0.1, -0.05) is 12.1 Å². The fourth-order valence-corrected chi connectivity index (χ4v) is 2.12. The van der Waals surface area contributed by atoms with E-state index in [9.17, 15) is 9.59 Å². The van der Waals surface area contributed by atoms with Gasteiger partial charge in [-0.15, -0.1) is 0 Å². The number of aliphatic carboxylic acids is 1. The van der Waals surface area contributed by atoms with Crippen LogP contribution in [0.5, 0.6) is 5.75 Å². The van der Waals surface area contributed by atoms with E-state index >= 15 is 0 Å². The maximum absolute atomic E-state index is 12.5. The number of benzene rings is 2. The Labute approximate surface area is 150 Å². The van der Waals surface area contributed by atoms with Crippen LogP contribution in [0.1, 0.15) is 15.9 Å². The summed E-state index contributed by atoms with van der Waals surface area (Å²) in [5.74, 6) is 4.15. The van der Waals surface area contributed by atoms with Gasteiger partial charge in [0.25, 0.3) is 5.91 Å². The molecular formula is C18H18N4O4. The lowest BCUT2D eigenvalue weighted by atomic mass is 10.1. The lowest BCUT2D eigenvalue weighted by Gasteiger charge is -2.11. The van der Waals surface area contributed by atoms with Crippen molar-refractivity contribution in [2.45, 2.75) is 0 Å². The molecule has 0 saturated heterocycles. The monoisotopic (exact) mass is 354 g/mol. The first-order chi connectivity index (χ1) is 12.5. The number of hydrogen-bond donors (Lipinski definition) is 4. The third-order valence-electron chi connectivity index (χ3n) is 3.29. The molecule has 2 rings (SSSR count). The maximum Gasteiger partial charge on any atom is 0.328 e. The molecule has 0 spiro atoms. The number of nitrogens with one attached hydrogen (secondary N) is 2. The van der Waals surface area contributed by atoms with Crippen molar-refractivity contribution in [1.29, 1.82) is 0 Å². The van der Waals surface area contributed by atoms with Crippen LogP contribution in [-0.2, 0) is 4.79 Å². The number of aliphatic imine (C=N–C) groups is 1. The molecular weight excluding hydrogens is 336 g/mol. The Balaban J connectivity index is 2.20. The molecule has 5 N–H and O–H groups in total. The quantitative estimate of drug-likeness (QED) is 0.198. The molecule has 0 atom stereocenters. The molecule has 0 aliphatic carbocycles. The van der Waals surface area contributed by atoms with Crippen molar-refractivity contribution in [2.24, 2.45) is 10.8 Å². The van der Waals surface area contributed by atoms with Crippen LogP contribution in [0, 0.1) is 0 Å². The molecule has 1 amide bonds. The van der Waals surface area contributed by atoms with Crippen molar-refractivity contribution in [3.05, 3.63) is 59.7 Å². The van der Waals surface area contributed by atoms with Crippen LogP contribution in [-0.4, -0.2) is 30.4 Å². The molecule has 8 heteroatoms. The van der Waals surface area contributed by atoms with E-state index in [1.807, 2.05) is 0 Å². The van der Waals surface area contributed by atoms with Crippen molar-refractivity contribution in [3.63, 3.8) is 0 Å². The minimum Gasteiger partial charge on any atom is -0.495 e. The highest BCUT2D eigenvalue weighted by Gasteiger charge is 2.10. The van der Waals surface area contributed by atoms with Crippen molar-refractivity contribution >= 4 is 35.7 Å². The number of rotatable bonds is 7. The highest BCUT2D eigenvalue weighted by molar-refractivity contribution is 6.05. The first-order valence-corrected chi connectivity index (χ1v) is 7.52. The molecule has 0 saturated carbocycles. The van der Waals surface area contributed by atoms with E-state index in [4.69, 9.17) is 15.7 Å². The molecule has 0 heterocycles. The predicted molar refractivity (Wildman–Crippen MR) is 99.5 cm³/mol. The lowest BCUT2D eigenvalue weighted by Crippen LogP contribution is -2.18. The zero-order chi connectivity index (χ0) is 18.9. The second-order valence-corrected chi connectivity index (χ2v) is 5.06. The van der Waals surface area contributed by atoms with E-state index in [2.05, 4.69) is 15.7 Å². The van der Waals surface area contributed by atoms with Crippen LogP contribution in [0.4, 0.5) is 11.4 Å². The molecule has 8 nitrogen and oxygen atoms in total. The molecule has 0 aromatic heterocycles. The van der Waals surface area contributed by atoms with Crippen LogP contribution in [0.15, 0.2) is 53.5 Å². The number of ether oxygens (including phenoxy) is 1. The molecule has 2 aromatic carbocycles. The normalized spacial score (nSPS) is 10.8. The van der Waals surface area contributed by atoms with Gasteiger partial charge in [0.05, 0.1) is 18.5 Å². The van der Waals surface area contributed by atoms with Gasteiger partial charge in [-0.2, -0.15) is 0 Å². The summed E-state index contributed by atoms with van der Waals surface area (Å²) in [4.78, 5) is 27.1. The van der Waals surface area contributed by atoms with Crippen LogP contribution >= 0.6 is 0 Å². The second kappa shape index (κ2) is 9.00. The predicted octanol–water partition coefficient (Wildman–Crippen LogP) is 2.17. The van der Waals surface area contributed by atoms with E-state index in [1.165, 1.54) is 19.5 Å². The molecule has 0 bridgehead atoms. The molecule has 0 aliphatic heterocycles.